The van der Waals surface area contributed by atoms with Crippen molar-refractivity contribution in [2.75, 3.05) is 18.5 Å². The predicted molar refractivity (Wildman–Crippen MR) is 76.2 cm³/mol. The molecule has 2 rings (SSSR count). The van der Waals surface area contributed by atoms with Crippen LogP contribution in [-0.4, -0.2) is 19.1 Å². The van der Waals surface area contributed by atoms with E-state index in [9.17, 15) is 4.79 Å². The van der Waals surface area contributed by atoms with Gasteiger partial charge in [-0.15, -0.1) is 0 Å². The van der Waals surface area contributed by atoms with Gasteiger partial charge in [0.05, 0.1) is 12.0 Å². The number of benzene rings is 1. The van der Waals surface area contributed by atoms with Crippen molar-refractivity contribution in [2.24, 2.45) is 11.1 Å². The largest absolute Gasteiger partial charge is 0.494 e. The van der Waals surface area contributed by atoms with E-state index >= 15 is 0 Å². The number of ether oxygens (including phenoxy) is 1. The highest BCUT2D eigenvalue weighted by Gasteiger charge is 2.42. The highest BCUT2D eigenvalue weighted by atomic mass is 16.5. The molecule has 0 unspecified atom stereocenters. The van der Waals surface area contributed by atoms with Crippen molar-refractivity contribution in [3.05, 3.63) is 24.3 Å². The third kappa shape index (κ3) is 3.07. The lowest BCUT2D eigenvalue weighted by Gasteiger charge is -2.39. The van der Waals surface area contributed by atoms with E-state index < -0.39 is 0 Å². The van der Waals surface area contributed by atoms with Crippen LogP contribution in [0.3, 0.4) is 0 Å². The Morgan fingerprint density at radius 2 is 2.05 bits per heavy atom. The zero-order valence-corrected chi connectivity index (χ0v) is 11.4. The number of nitrogens with one attached hydrogen (secondary N) is 1. The third-order valence-electron chi connectivity index (χ3n) is 3.77. The zero-order valence-electron chi connectivity index (χ0n) is 11.4. The van der Waals surface area contributed by atoms with Crippen molar-refractivity contribution in [2.45, 2.75) is 32.6 Å². The summed E-state index contributed by atoms with van der Waals surface area (Å²) in [6.45, 7) is 3.21. The highest BCUT2D eigenvalue weighted by molar-refractivity contribution is 5.96. The van der Waals surface area contributed by atoms with Gasteiger partial charge in [-0.3, -0.25) is 4.79 Å². The van der Waals surface area contributed by atoms with E-state index in [1.165, 1.54) is 0 Å². The molecule has 19 heavy (non-hydrogen) atoms. The molecular weight excluding hydrogens is 240 g/mol. The molecule has 4 nitrogen and oxygen atoms in total. The summed E-state index contributed by atoms with van der Waals surface area (Å²) in [6, 6.07) is 7.49. The van der Waals surface area contributed by atoms with Crippen LogP contribution in [0.5, 0.6) is 5.75 Å². The van der Waals surface area contributed by atoms with Crippen LogP contribution < -0.4 is 15.8 Å². The Hall–Kier alpha value is -1.55. The molecule has 1 fully saturated rings. The maximum atomic E-state index is 12.2. The number of carbonyl (C=O) groups is 1. The number of anilines is 1. The van der Waals surface area contributed by atoms with Gasteiger partial charge in [-0.1, -0.05) is 13.3 Å². The Balaban J connectivity index is 1.94. The lowest BCUT2D eigenvalue weighted by atomic mass is 9.68. The normalized spacial score (nSPS) is 16.5. The average molecular weight is 262 g/mol. The smallest absolute Gasteiger partial charge is 0.231 e. The molecule has 0 saturated heterocycles. The van der Waals surface area contributed by atoms with Crippen LogP contribution in [0, 0.1) is 5.41 Å². The Morgan fingerprint density at radius 3 is 2.53 bits per heavy atom. The first-order chi connectivity index (χ1) is 9.20. The van der Waals surface area contributed by atoms with Crippen molar-refractivity contribution < 1.29 is 9.53 Å². The monoisotopic (exact) mass is 262 g/mol. The minimum Gasteiger partial charge on any atom is -0.494 e. The second kappa shape index (κ2) is 6.06. The second-order valence-electron chi connectivity index (χ2n) is 5.16. The van der Waals surface area contributed by atoms with Crippen LogP contribution >= 0.6 is 0 Å². The molecule has 1 aromatic rings. The van der Waals surface area contributed by atoms with Crippen molar-refractivity contribution in [3.8, 4) is 5.75 Å². The molecule has 0 aliphatic heterocycles. The van der Waals surface area contributed by atoms with E-state index in [0.717, 1.165) is 37.1 Å². The molecule has 0 spiro atoms. The lowest BCUT2D eigenvalue weighted by molar-refractivity contribution is -0.129. The summed E-state index contributed by atoms with van der Waals surface area (Å²) in [6.07, 6.45) is 3.87. The molecule has 0 bridgehead atoms. The number of carbonyl (C=O) groups excluding carboxylic acids is 1. The quantitative estimate of drug-likeness (QED) is 0.828. The molecule has 0 aromatic heterocycles. The van der Waals surface area contributed by atoms with Gasteiger partial charge in [-0.25, -0.2) is 0 Å². The van der Waals surface area contributed by atoms with Gasteiger partial charge in [0.1, 0.15) is 5.75 Å². The van der Waals surface area contributed by atoms with Crippen LogP contribution in [-0.2, 0) is 4.79 Å². The molecule has 1 aliphatic rings. The van der Waals surface area contributed by atoms with Gasteiger partial charge in [0.25, 0.3) is 0 Å². The molecule has 0 atom stereocenters. The van der Waals surface area contributed by atoms with E-state index in [-0.39, 0.29) is 11.3 Å². The maximum absolute atomic E-state index is 12.2. The molecule has 4 heteroatoms. The van der Waals surface area contributed by atoms with Crippen molar-refractivity contribution in [3.63, 3.8) is 0 Å². The average Bonchev–Trinajstić information content (AvgIpc) is 2.37. The van der Waals surface area contributed by atoms with Gasteiger partial charge in [0.15, 0.2) is 0 Å². The third-order valence-corrected chi connectivity index (χ3v) is 3.77. The van der Waals surface area contributed by atoms with Gasteiger partial charge in [0.2, 0.25) is 5.91 Å². The minimum absolute atomic E-state index is 0.0449. The second-order valence-corrected chi connectivity index (χ2v) is 5.16. The summed E-state index contributed by atoms with van der Waals surface area (Å²) in [5.41, 5.74) is 6.19. The van der Waals surface area contributed by atoms with Crippen molar-refractivity contribution in [1.29, 1.82) is 0 Å². The Morgan fingerprint density at radius 1 is 1.37 bits per heavy atom. The lowest BCUT2D eigenvalue weighted by Crippen LogP contribution is -2.47. The number of rotatable bonds is 6. The van der Waals surface area contributed by atoms with Crippen LogP contribution in [0.4, 0.5) is 5.69 Å². The van der Waals surface area contributed by atoms with Gasteiger partial charge < -0.3 is 15.8 Å². The molecule has 1 amide bonds. The van der Waals surface area contributed by atoms with Crippen LogP contribution in [0.2, 0.25) is 0 Å². The molecule has 1 aromatic carbocycles. The molecule has 0 radical (unpaired) electrons. The van der Waals surface area contributed by atoms with Gasteiger partial charge >= 0.3 is 0 Å². The molecule has 1 saturated carbocycles. The van der Waals surface area contributed by atoms with Crippen molar-refractivity contribution in [1.82, 2.24) is 0 Å². The standard InChI is InChI=1S/C15H22N2O2/c1-2-10-19-13-6-4-12(5-7-13)17-14(18)15(11-16)8-3-9-15/h4-7H,2-3,8-11,16H2,1H3,(H,17,18). The van der Waals surface area contributed by atoms with Gasteiger partial charge in [-0.2, -0.15) is 0 Å². The van der Waals surface area contributed by atoms with E-state index in [4.69, 9.17) is 10.5 Å². The summed E-state index contributed by atoms with van der Waals surface area (Å²) >= 11 is 0. The van der Waals surface area contributed by atoms with Crippen LogP contribution in [0.1, 0.15) is 32.6 Å². The predicted octanol–water partition coefficient (Wildman–Crippen LogP) is 2.54. The van der Waals surface area contributed by atoms with E-state index in [0.29, 0.717) is 13.2 Å². The summed E-state index contributed by atoms with van der Waals surface area (Å²) in [5, 5.41) is 2.94. The topological polar surface area (TPSA) is 64.3 Å². The van der Waals surface area contributed by atoms with E-state index in [1.54, 1.807) is 0 Å². The maximum Gasteiger partial charge on any atom is 0.231 e. The Bertz CT molecular complexity index is 419. The number of hydrogen-bond acceptors (Lipinski definition) is 3. The number of hydrogen-bond donors (Lipinski definition) is 2. The van der Waals surface area contributed by atoms with E-state index in [1.807, 2.05) is 24.3 Å². The fraction of sp³-hybridized carbons (Fsp3) is 0.533. The highest BCUT2D eigenvalue weighted by Crippen LogP contribution is 2.40. The minimum atomic E-state index is -0.336. The summed E-state index contributed by atoms with van der Waals surface area (Å²) < 4.78 is 5.50. The zero-order chi connectivity index (χ0) is 13.7. The first kappa shape index (κ1) is 13.9. The van der Waals surface area contributed by atoms with Gasteiger partial charge in [-0.05, 0) is 43.5 Å². The number of nitrogens with two attached hydrogens (primary N) is 1. The molecule has 0 heterocycles. The Kier molecular flexibility index (Phi) is 4.43. The molecular formula is C15H22N2O2. The SMILES string of the molecule is CCCOc1ccc(NC(=O)C2(CN)CCC2)cc1. The summed E-state index contributed by atoms with van der Waals surface area (Å²) in [7, 11) is 0. The first-order valence-corrected chi connectivity index (χ1v) is 6.94. The summed E-state index contributed by atoms with van der Waals surface area (Å²) in [4.78, 5) is 12.2. The first-order valence-electron chi connectivity index (χ1n) is 6.94. The van der Waals surface area contributed by atoms with Gasteiger partial charge in [0, 0.05) is 12.2 Å². The molecule has 1 aliphatic carbocycles. The van der Waals surface area contributed by atoms with Crippen LogP contribution in [0.25, 0.3) is 0 Å². The molecule has 3 N–H and O–H groups in total. The molecule has 104 valence electrons. The van der Waals surface area contributed by atoms with Crippen LogP contribution in [0.15, 0.2) is 24.3 Å². The van der Waals surface area contributed by atoms with E-state index in [2.05, 4.69) is 12.2 Å². The Labute approximate surface area is 114 Å². The fourth-order valence-electron chi connectivity index (χ4n) is 2.25. The number of amides is 1. The fourth-order valence-corrected chi connectivity index (χ4v) is 2.25. The summed E-state index contributed by atoms with van der Waals surface area (Å²) in [5.74, 6) is 0.875. The van der Waals surface area contributed by atoms with Crippen molar-refractivity contribution >= 4 is 11.6 Å².